The molecule has 0 aliphatic rings. The van der Waals surface area contributed by atoms with Crippen LogP contribution in [-0.2, 0) is 6.42 Å². The highest BCUT2D eigenvalue weighted by Gasteiger charge is 2.21. The van der Waals surface area contributed by atoms with E-state index in [0.29, 0.717) is 12.1 Å². The largest absolute Gasteiger partial charge is 0.476 e. The van der Waals surface area contributed by atoms with E-state index in [1.165, 1.54) is 16.8 Å². The van der Waals surface area contributed by atoms with E-state index in [2.05, 4.69) is 10.3 Å². The van der Waals surface area contributed by atoms with Crippen LogP contribution in [0.4, 0.5) is 4.39 Å². The van der Waals surface area contributed by atoms with Gasteiger partial charge in [0.2, 0.25) is 0 Å². The number of para-hydroxylation sites is 1. The molecule has 0 saturated carbocycles. The Balaban J connectivity index is 2.12. The molecule has 0 amide bonds. The zero-order valence-corrected chi connectivity index (χ0v) is 11.5. The highest BCUT2D eigenvalue weighted by atomic mass is 19.1. The minimum atomic E-state index is -1.19. The number of nitrogens with zero attached hydrogens (tertiary/aromatic N) is 3. The Morgan fingerprint density at radius 3 is 2.45 bits per heavy atom. The summed E-state index contributed by atoms with van der Waals surface area (Å²) in [6.07, 6.45) is 0.295. The molecule has 6 heteroatoms. The molecule has 1 aromatic heterocycles. The van der Waals surface area contributed by atoms with Gasteiger partial charge < -0.3 is 5.11 Å². The van der Waals surface area contributed by atoms with Crippen molar-refractivity contribution in [2.24, 2.45) is 0 Å². The summed E-state index contributed by atoms with van der Waals surface area (Å²) in [5.74, 6) is -1.67. The van der Waals surface area contributed by atoms with Crippen molar-refractivity contribution in [2.45, 2.75) is 6.42 Å². The zero-order valence-electron chi connectivity index (χ0n) is 11.5. The van der Waals surface area contributed by atoms with Crippen molar-refractivity contribution in [2.75, 3.05) is 0 Å². The van der Waals surface area contributed by atoms with Crippen LogP contribution in [0.3, 0.4) is 0 Å². The Morgan fingerprint density at radius 2 is 1.77 bits per heavy atom. The third-order valence-corrected chi connectivity index (χ3v) is 3.26. The van der Waals surface area contributed by atoms with Crippen LogP contribution in [0.25, 0.3) is 5.69 Å². The molecule has 3 rings (SSSR count). The third-order valence-electron chi connectivity index (χ3n) is 3.26. The first-order chi connectivity index (χ1) is 10.7. The van der Waals surface area contributed by atoms with Gasteiger partial charge in [0.1, 0.15) is 11.5 Å². The van der Waals surface area contributed by atoms with Gasteiger partial charge in [0.15, 0.2) is 5.69 Å². The average molecular weight is 297 g/mol. The van der Waals surface area contributed by atoms with E-state index in [4.69, 9.17) is 0 Å². The second kappa shape index (κ2) is 5.77. The molecule has 5 nitrogen and oxygen atoms in total. The molecule has 0 aliphatic heterocycles. The lowest BCUT2D eigenvalue weighted by atomic mass is 10.1. The van der Waals surface area contributed by atoms with E-state index >= 15 is 0 Å². The van der Waals surface area contributed by atoms with Crippen LogP contribution in [0, 0.1) is 5.82 Å². The summed E-state index contributed by atoms with van der Waals surface area (Å²) in [5, 5.41) is 16.8. The van der Waals surface area contributed by atoms with Gasteiger partial charge in [-0.15, -0.1) is 5.10 Å². The summed E-state index contributed by atoms with van der Waals surface area (Å²) in [4.78, 5) is 11.3. The van der Waals surface area contributed by atoms with E-state index in [1.54, 1.807) is 12.1 Å². The van der Waals surface area contributed by atoms with Gasteiger partial charge in [0.05, 0.1) is 5.69 Å². The molecular weight excluding hydrogens is 285 g/mol. The molecule has 22 heavy (non-hydrogen) atoms. The van der Waals surface area contributed by atoms with E-state index in [9.17, 15) is 14.3 Å². The minimum Gasteiger partial charge on any atom is -0.476 e. The molecule has 1 N–H and O–H groups in total. The van der Waals surface area contributed by atoms with Crippen LogP contribution in [-0.4, -0.2) is 26.1 Å². The number of carboxylic acids is 1. The average Bonchev–Trinajstić information content (AvgIpc) is 2.92. The summed E-state index contributed by atoms with van der Waals surface area (Å²) < 4.78 is 15.2. The Kier molecular flexibility index (Phi) is 3.65. The number of aromatic carboxylic acids is 1. The first-order valence-electron chi connectivity index (χ1n) is 6.63. The summed E-state index contributed by atoms with van der Waals surface area (Å²) >= 11 is 0. The van der Waals surface area contributed by atoms with Crippen LogP contribution in [0.2, 0.25) is 0 Å². The van der Waals surface area contributed by atoms with Gasteiger partial charge in [-0.05, 0) is 17.7 Å². The Bertz CT molecular complexity index is 815. The van der Waals surface area contributed by atoms with Crippen LogP contribution in [0.15, 0.2) is 54.6 Å². The van der Waals surface area contributed by atoms with Crippen molar-refractivity contribution in [1.29, 1.82) is 0 Å². The van der Waals surface area contributed by atoms with Crippen LogP contribution in [0.5, 0.6) is 0 Å². The fraction of sp³-hybridized carbons (Fsp3) is 0.0625. The zero-order chi connectivity index (χ0) is 15.5. The van der Waals surface area contributed by atoms with Gasteiger partial charge in [-0.25, -0.2) is 13.9 Å². The quantitative estimate of drug-likeness (QED) is 0.804. The molecule has 0 radical (unpaired) electrons. The van der Waals surface area contributed by atoms with Crippen LogP contribution >= 0.6 is 0 Å². The molecule has 0 bridgehead atoms. The molecule has 0 atom stereocenters. The fourth-order valence-electron chi connectivity index (χ4n) is 2.23. The third kappa shape index (κ3) is 2.58. The monoisotopic (exact) mass is 297 g/mol. The van der Waals surface area contributed by atoms with E-state index in [1.807, 2.05) is 30.3 Å². The standard InChI is InChI=1S/C16H12FN3O2/c17-12-8-4-5-9-13(12)20-14(15(16(21)22)18-19-20)10-11-6-2-1-3-7-11/h1-9H,10H2,(H,21,22). The van der Waals surface area contributed by atoms with E-state index < -0.39 is 11.8 Å². The number of halogens is 1. The minimum absolute atomic E-state index is 0.174. The normalized spacial score (nSPS) is 10.6. The number of hydrogen-bond acceptors (Lipinski definition) is 3. The number of benzene rings is 2. The van der Waals surface area contributed by atoms with Crippen molar-refractivity contribution < 1.29 is 14.3 Å². The lowest BCUT2D eigenvalue weighted by Crippen LogP contribution is -2.09. The molecule has 0 unspecified atom stereocenters. The summed E-state index contributed by atoms with van der Waals surface area (Å²) in [5.41, 5.74) is 1.23. The molecule has 0 saturated heterocycles. The van der Waals surface area contributed by atoms with Gasteiger partial charge in [-0.2, -0.15) is 0 Å². The summed E-state index contributed by atoms with van der Waals surface area (Å²) in [7, 11) is 0. The maximum atomic E-state index is 14.0. The van der Waals surface area contributed by atoms with Crippen molar-refractivity contribution in [1.82, 2.24) is 15.0 Å². The lowest BCUT2D eigenvalue weighted by molar-refractivity contribution is 0.0689. The summed E-state index contributed by atoms with van der Waals surface area (Å²) in [6, 6.07) is 15.4. The van der Waals surface area contributed by atoms with Crippen LogP contribution < -0.4 is 0 Å². The number of rotatable bonds is 4. The fourth-order valence-corrected chi connectivity index (χ4v) is 2.23. The second-order valence-corrected chi connectivity index (χ2v) is 4.72. The highest BCUT2D eigenvalue weighted by molar-refractivity contribution is 5.86. The number of aromatic nitrogens is 3. The molecule has 110 valence electrons. The first-order valence-corrected chi connectivity index (χ1v) is 6.63. The molecule has 2 aromatic carbocycles. The van der Waals surface area contributed by atoms with E-state index in [-0.39, 0.29) is 11.4 Å². The van der Waals surface area contributed by atoms with Crippen molar-refractivity contribution in [3.8, 4) is 5.69 Å². The summed E-state index contributed by atoms with van der Waals surface area (Å²) in [6.45, 7) is 0. The molecule has 0 fully saturated rings. The molecule has 0 aliphatic carbocycles. The van der Waals surface area contributed by atoms with Gasteiger partial charge in [-0.1, -0.05) is 47.7 Å². The van der Waals surface area contributed by atoms with Crippen molar-refractivity contribution >= 4 is 5.97 Å². The lowest BCUT2D eigenvalue weighted by Gasteiger charge is -2.08. The Labute approximate surface area is 125 Å². The van der Waals surface area contributed by atoms with Crippen LogP contribution in [0.1, 0.15) is 21.7 Å². The van der Waals surface area contributed by atoms with Crippen molar-refractivity contribution in [3.63, 3.8) is 0 Å². The van der Waals surface area contributed by atoms with Gasteiger partial charge in [0.25, 0.3) is 0 Å². The maximum absolute atomic E-state index is 14.0. The SMILES string of the molecule is O=C(O)c1nnn(-c2ccccc2F)c1Cc1ccccc1. The smallest absolute Gasteiger partial charge is 0.358 e. The highest BCUT2D eigenvalue weighted by Crippen LogP contribution is 2.19. The number of carbonyl (C=O) groups is 1. The van der Waals surface area contributed by atoms with Gasteiger partial charge in [-0.3, -0.25) is 0 Å². The number of hydrogen-bond donors (Lipinski definition) is 1. The molecule has 1 heterocycles. The van der Waals surface area contributed by atoms with E-state index in [0.717, 1.165) is 5.56 Å². The van der Waals surface area contributed by atoms with Crippen molar-refractivity contribution in [3.05, 3.63) is 77.4 Å². The Morgan fingerprint density at radius 1 is 1.09 bits per heavy atom. The second-order valence-electron chi connectivity index (χ2n) is 4.72. The predicted octanol–water partition coefficient (Wildman–Crippen LogP) is 2.70. The molecular formula is C16H12FN3O2. The van der Waals surface area contributed by atoms with Gasteiger partial charge in [0, 0.05) is 6.42 Å². The van der Waals surface area contributed by atoms with Gasteiger partial charge >= 0.3 is 5.97 Å². The topological polar surface area (TPSA) is 68.0 Å². The maximum Gasteiger partial charge on any atom is 0.358 e. The Hall–Kier alpha value is -3.02. The molecule has 0 spiro atoms. The predicted molar refractivity (Wildman–Crippen MR) is 77.5 cm³/mol. The molecule has 3 aromatic rings. The number of carboxylic acid groups (broad SMARTS) is 1. The first kappa shape index (κ1) is 13.9.